The molecule has 1 N–H and O–H groups in total. The summed E-state index contributed by atoms with van der Waals surface area (Å²) in [5, 5.41) is 3.62. The lowest BCUT2D eigenvalue weighted by Gasteiger charge is -2.05. The molecule has 1 aromatic carbocycles. The topological polar surface area (TPSA) is 46.2 Å². The highest BCUT2D eigenvalue weighted by Crippen LogP contribution is 2.14. The molecule has 1 heterocycles. The van der Waals surface area contributed by atoms with Crippen LogP contribution in [-0.4, -0.2) is 14.2 Å². The molecule has 0 amide bonds. The number of aryl methyl sites for hydroxylation is 1. The number of thiophene rings is 1. The smallest absolute Gasteiger partial charge is 0.233 e. The lowest BCUT2D eigenvalue weighted by molar-refractivity contribution is 0.600. The van der Waals surface area contributed by atoms with E-state index in [0.717, 1.165) is 5.56 Å². The second-order valence-electron chi connectivity index (χ2n) is 3.67. The highest BCUT2D eigenvalue weighted by Gasteiger charge is 2.10. The van der Waals surface area contributed by atoms with Crippen LogP contribution >= 0.6 is 11.3 Å². The molecule has 3 nitrogen and oxygen atoms in total. The quantitative estimate of drug-likeness (QED) is 0.905. The number of anilines is 1. The second-order valence-corrected chi connectivity index (χ2v) is 6.29. The normalized spacial score (nSPS) is 11.3. The maximum Gasteiger partial charge on any atom is 0.233 e. The predicted molar refractivity (Wildman–Crippen MR) is 71.9 cm³/mol. The Labute approximate surface area is 105 Å². The SMILES string of the molecule is O=S(=O)(CCc1ccccc1)Nc1ccsc1. The van der Waals surface area contributed by atoms with E-state index in [1.807, 2.05) is 35.7 Å². The van der Waals surface area contributed by atoms with Gasteiger partial charge < -0.3 is 0 Å². The van der Waals surface area contributed by atoms with Gasteiger partial charge >= 0.3 is 0 Å². The van der Waals surface area contributed by atoms with Crippen LogP contribution in [0.5, 0.6) is 0 Å². The van der Waals surface area contributed by atoms with Gasteiger partial charge in [0, 0.05) is 5.38 Å². The largest absolute Gasteiger partial charge is 0.283 e. The van der Waals surface area contributed by atoms with Gasteiger partial charge in [-0.3, -0.25) is 4.72 Å². The Morgan fingerprint density at radius 3 is 2.53 bits per heavy atom. The average Bonchev–Trinajstić information content (AvgIpc) is 2.80. The zero-order chi connectivity index (χ0) is 12.1. The number of benzene rings is 1. The summed E-state index contributed by atoms with van der Waals surface area (Å²) in [4.78, 5) is 0. The van der Waals surface area contributed by atoms with Gasteiger partial charge in [0.25, 0.3) is 0 Å². The molecule has 0 bridgehead atoms. The lowest BCUT2D eigenvalue weighted by atomic mass is 10.2. The van der Waals surface area contributed by atoms with E-state index < -0.39 is 10.0 Å². The molecule has 1 aromatic heterocycles. The predicted octanol–water partition coefficient (Wildman–Crippen LogP) is 2.73. The first-order valence-electron chi connectivity index (χ1n) is 5.22. The van der Waals surface area contributed by atoms with Gasteiger partial charge in [-0.25, -0.2) is 8.42 Å². The fourth-order valence-corrected chi connectivity index (χ4v) is 3.21. The van der Waals surface area contributed by atoms with Gasteiger partial charge in [-0.15, -0.1) is 0 Å². The van der Waals surface area contributed by atoms with E-state index in [9.17, 15) is 8.42 Å². The van der Waals surface area contributed by atoms with Crippen molar-refractivity contribution in [3.05, 3.63) is 52.7 Å². The van der Waals surface area contributed by atoms with Crippen LogP contribution in [0.1, 0.15) is 5.56 Å². The van der Waals surface area contributed by atoms with E-state index in [2.05, 4.69) is 4.72 Å². The first-order valence-corrected chi connectivity index (χ1v) is 7.82. The Morgan fingerprint density at radius 2 is 1.88 bits per heavy atom. The third kappa shape index (κ3) is 3.87. The monoisotopic (exact) mass is 267 g/mol. The van der Waals surface area contributed by atoms with Crippen LogP contribution in [-0.2, 0) is 16.4 Å². The van der Waals surface area contributed by atoms with E-state index in [1.54, 1.807) is 11.4 Å². The molecule has 0 aliphatic heterocycles. The van der Waals surface area contributed by atoms with Gasteiger partial charge in [0.2, 0.25) is 10.0 Å². The lowest BCUT2D eigenvalue weighted by Crippen LogP contribution is -2.17. The summed E-state index contributed by atoms with van der Waals surface area (Å²) in [6, 6.07) is 11.4. The third-order valence-corrected chi connectivity index (χ3v) is 4.27. The highest BCUT2D eigenvalue weighted by atomic mass is 32.2. The molecule has 0 saturated heterocycles. The average molecular weight is 267 g/mol. The van der Waals surface area contributed by atoms with Crippen LogP contribution in [0.2, 0.25) is 0 Å². The third-order valence-electron chi connectivity index (χ3n) is 2.30. The molecular weight excluding hydrogens is 254 g/mol. The van der Waals surface area contributed by atoms with Crippen molar-refractivity contribution in [3.63, 3.8) is 0 Å². The fourth-order valence-electron chi connectivity index (χ4n) is 1.45. The van der Waals surface area contributed by atoms with Gasteiger partial charge in [0.15, 0.2) is 0 Å². The minimum atomic E-state index is -3.25. The van der Waals surface area contributed by atoms with E-state index >= 15 is 0 Å². The van der Waals surface area contributed by atoms with Gasteiger partial charge in [-0.2, -0.15) is 11.3 Å². The molecule has 0 spiro atoms. The molecular formula is C12H13NO2S2. The van der Waals surface area contributed by atoms with Gasteiger partial charge in [-0.1, -0.05) is 30.3 Å². The van der Waals surface area contributed by atoms with E-state index in [-0.39, 0.29) is 5.75 Å². The molecule has 0 fully saturated rings. The molecule has 0 atom stereocenters. The Balaban J connectivity index is 1.94. The Kier molecular flexibility index (Phi) is 3.81. The zero-order valence-corrected chi connectivity index (χ0v) is 10.8. The molecule has 5 heteroatoms. The highest BCUT2D eigenvalue weighted by molar-refractivity contribution is 7.92. The van der Waals surface area contributed by atoms with Crippen molar-refractivity contribution in [2.75, 3.05) is 10.5 Å². The molecule has 2 rings (SSSR count). The molecule has 0 aliphatic carbocycles. The zero-order valence-electron chi connectivity index (χ0n) is 9.17. The van der Waals surface area contributed by atoms with Crippen molar-refractivity contribution < 1.29 is 8.42 Å². The summed E-state index contributed by atoms with van der Waals surface area (Å²) >= 11 is 1.47. The van der Waals surface area contributed by atoms with Crippen LogP contribution in [0.25, 0.3) is 0 Å². The number of sulfonamides is 1. The summed E-state index contributed by atoms with van der Waals surface area (Å²) in [6.07, 6.45) is 0.528. The number of nitrogens with one attached hydrogen (secondary N) is 1. The maximum atomic E-state index is 11.8. The first-order chi connectivity index (χ1) is 8.16. The van der Waals surface area contributed by atoms with E-state index in [0.29, 0.717) is 12.1 Å². The molecule has 2 aromatic rings. The molecule has 0 saturated carbocycles. The first kappa shape index (κ1) is 12.1. The minimum Gasteiger partial charge on any atom is -0.283 e. The van der Waals surface area contributed by atoms with Gasteiger partial charge in [-0.05, 0) is 23.4 Å². The summed E-state index contributed by atoms with van der Waals surface area (Å²) in [5.74, 6) is 0.104. The summed E-state index contributed by atoms with van der Waals surface area (Å²) in [7, 11) is -3.25. The number of rotatable bonds is 5. The number of hydrogen-bond acceptors (Lipinski definition) is 3. The van der Waals surface area contributed by atoms with E-state index in [1.165, 1.54) is 11.3 Å². The van der Waals surface area contributed by atoms with Gasteiger partial charge in [0.05, 0.1) is 11.4 Å². The Hall–Kier alpha value is -1.33. The summed E-state index contributed by atoms with van der Waals surface area (Å²) < 4.78 is 26.1. The van der Waals surface area contributed by atoms with Crippen molar-refractivity contribution >= 4 is 27.0 Å². The number of hydrogen-bond donors (Lipinski definition) is 1. The van der Waals surface area contributed by atoms with Crippen LogP contribution in [0, 0.1) is 0 Å². The van der Waals surface area contributed by atoms with Crippen molar-refractivity contribution in [2.45, 2.75) is 6.42 Å². The standard InChI is InChI=1S/C12H13NO2S2/c14-17(15,13-12-6-8-16-10-12)9-7-11-4-2-1-3-5-11/h1-6,8,10,13H,7,9H2. The summed E-state index contributed by atoms with van der Waals surface area (Å²) in [6.45, 7) is 0. The van der Waals surface area contributed by atoms with E-state index in [4.69, 9.17) is 0 Å². The second kappa shape index (κ2) is 5.33. The molecule has 0 radical (unpaired) electrons. The van der Waals surface area contributed by atoms with Crippen molar-refractivity contribution in [2.24, 2.45) is 0 Å². The van der Waals surface area contributed by atoms with Crippen LogP contribution in [0.15, 0.2) is 47.2 Å². The Morgan fingerprint density at radius 1 is 1.12 bits per heavy atom. The van der Waals surface area contributed by atoms with Crippen molar-refractivity contribution in [3.8, 4) is 0 Å². The van der Waals surface area contributed by atoms with Crippen molar-refractivity contribution in [1.29, 1.82) is 0 Å². The molecule has 17 heavy (non-hydrogen) atoms. The maximum absolute atomic E-state index is 11.8. The molecule has 0 unspecified atom stereocenters. The van der Waals surface area contributed by atoms with Crippen molar-refractivity contribution in [1.82, 2.24) is 0 Å². The summed E-state index contributed by atoms with van der Waals surface area (Å²) in [5.41, 5.74) is 1.67. The van der Waals surface area contributed by atoms with Crippen LogP contribution in [0.4, 0.5) is 5.69 Å². The molecule has 0 aliphatic rings. The van der Waals surface area contributed by atoms with Gasteiger partial charge in [0.1, 0.15) is 0 Å². The Bertz CT molecular complexity index is 547. The van der Waals surface area contributed by atoms with Crippen LogP contribution < -0.4 is 4.72 Å². The fraction of sp³-hybridized carbons (Fsp3) is 0.167. The molecule has 90 valence electrons. The van der Waals surface area contributed by atoms with Crippen LogP contribution in [0.3, 0.4) is 0 Å². The minimum absolute atomic E-state index is 0.104.